The topological polar surface area (TPSA) is 61.6 Å². The predicted octanol–water partition coefficient (Wildman–Crippen LogP) is 3.94. The largest absolute Gasteiger partial charge is 0.494 e. The van der Waals surface area contributed by atoms with Crippen LogP contribution < -0.4 is 10.5 Å². The summed E-state index contributed by atoms with van der Waals surface area (Å²) in [5.41, 5.74) is 6.91. The van der Waals surface area contributed by atoms with Gasteiger partial charge < -0.3 is 15.2 Å². The van der Waals surface area contributed by atoms with Gasteiger partial charge in [-0.2, -0.15) is 0 Å². The zero-order chi connectivity index (χ0) is 17.0. The number of primary amides is 1. The lowest BCUT2D eigenvalue weighted by Crippen LogP contribution is -2.10. The van der Waals surface area contributed by atoms with E-state index >= 15 is 0 Å². The quantitative estimate of drug-likeness (QED) is 0.636. The molecule has 0 spiro atoms. The van der Waals surface area contributed by atoms with Crippen LogP contribution in [0.4, 0.5) is 0 Å². The Morgan fingerprint density at radius 1 is 0.833 bits per heavy atom. The molecule has 0 unspecified atom stereocenters. The summed E-state index contributed by atoms with van der Waals surface area (Å²) in [5.74, 6) is 0.349. The van der Waals surface area contributed by atoms with Gasteiger partial charge in [0.05, 0.1) is 13.2 Å². The number of carbonyl (C=O) groups excluding carboxylic acids is 1. The van der Waals surface area contributed by atoms with E-state index in [-0.39, 0.29) is 0 Å². The lowest BCUT2D eigenvalue weighted by atomic mass is 10.2. The molecular formula is C20H25NO3. The van der Waals surface area contributed by atoms with Gasteiger partial charge in [0.15, 0.2) is 0 Å². The van der Waals surface area contributed by atoms with Crippen LogP contribution in [0.5, 0.6) is 5.75 Å². The van der Waals surface area contributed by atoms with Crippen molar-refractivity contribution in [3.8, 4) is 5.75 Å². The lowest BCUT2D eigenvalue weighted by Gasteiger charge is -2.07. The maximum atomic E-state index is 11.0. The maximum Gasteiger partial charge on any atom is 0.248 e. The first-order chi connectivity index (χ1) is 11.8. The van der Waals surface area contributed by atoms with E-state index in [1.54, 1.807) is 24.3 Å². The number of hydrogen-bond donors (Lipinski definition) is 1. The molecule has 1 amide bonds. The molecule has 4 nitrogen and oxygen atoms in total. The van der Waals surface area contributed by atoms with Crippen molar-refractivity contribution in [2.24, 2.45) is 5.73 Å². The van der Waals surface area contributed by atoms with E-state index in [4.69, 9.17) is 15.2 Å². The second kappa shape index (κ2) is 10.4. The fraction of sp³-hybridized carbons (Fsp3) is 0.350. The van der Waals surface area contributed by atoms with Crippen LogP contribution in [0.25, 0.3) is 0 Å². The number of carbonyl (C=O) groups is 1. The van der Waals surface area contributed by atoms with Crippen LogP contribution in [-0.4, -0.2) is 19.1 Å². The summed E-state index contributed by atoms with van der Waals surface area (Å²) in [5, 5.41) is 0. The van der Waals surface area contributed by atoms with Crippen LogP contribution in [0.1, 0.15) is 41.6 Å². The standard InChI is InChI=1S/C20H25NO3/c21-20(22)18-10-12-19(13-11-18)24-15-7-2-1-6-14-23-16-17-8-4-3-5-9-17/h3-5,8-13H,1-2,6-7,14-16H2,(H2,21,22). The average molecular weight is 327 g/mol. The minimum atomic E-state index is -0.420. The first kappa shape index (κ1) is 18.0. The highest BCUT2D eigenvalue weighted by atomic mass is 16.5. The third-order valence-corrected chi connectivity index (χ3v) is 3.70. The molecule has 2 rings (SSSR count). The number of ether oxygens (including phenoxy) is 2. The Labute approximate surface area is 143 Å². The van der Waals surface area contributed by atoms with Crippen LogP contribution in [0.3, 0.4) is 0 Å². The average Bonchev–Trinajstić information content (AvgIpc) is 2.61. The number of rotatable bonds is 11. The molecule has 128 valence electrons. The van der Waals surface area contributed by atoms with Crippen LogP contribution in [0.15, 0.2) is 54.6 Å². The Morgan fingerprint density at radius 3 is 2.17 bits per heavy atom. The van der Waals surface area contributed by atoms with Crippen molar-refractivity contribution in [2.75, 3.05) is 13.2 Å². The summed E-state index contributed by atoms with van der Waals surface area (Å²) in [6, 6.07) is 17.1. The molecule has 0 aliphatic rings. The summed E-state index contributed by atoms with van der Waals surface area (Å²) >= 11 is 0. The normalized spacial score (nSPS) is 10.5. The summed E-state index contributed by atoms with van der Waals surface area (Å²) in [6.45, 7) is 2.16. The molecule has 2 aromatic rings. The SMILES string of the molecule is NC(=O)c1ccc(OCCCCCCOCc2ccccc2)cc1. The van der Waals surface area contributed by atoms with Crippen molar-refractivity contribution < 1.29 is 14.3 Å². The van der Waals surface area contributed by atoms with Gasteiger partial charge >= 0.3 is 0 Å². The molecule has 0 saturated carbocycles. The molecule has 4 heteroatoms. The number of benzene rings is 2. The minimum absolute atomic E-state index is 0.420. The fourth-order valence-corrected chi connectivity index (χ4v) is 2.33. The first-order valence-electron chi connectivity index (χ1n) is 8.40. The summed E-state index contributed by atoms with van der Waals surface area (Å²) < 4.78 is 11.3. The molecule has 0 atom stereocenters. The number of amides is 1. The number of nitrogens with two attached hydrogens (primary N) is 1. The lowest BCUT2D eigenvalue weighted by molar-refractivity contribution is 0.1000. The molecule has 0 aliphatic heterocycles. The van der Waals surface area contributed by atoms with Gasteiger partial charge in [0.1, 0.15) is 5.75 Å². The summed E-state index contributed by atoms with van der Waals surface area (Å²) in [7, 11) is 0. The molecule has 0 aromatic heterocycles. The molecule has 2 N–H and O–H groups in total. The molecule has 0 aliphatic carbocycles. The summed E-state index contributed by atoms with van der Waals surface area (Å²) in [6.07, 6.45) is 4.34. The van der Waals surface area contributed by atoms with Crippen LogP contribution >= 0.6 is 0 Å². The van der Waals surface area contributed by atoms with E-state index in [1.165, 1.54) is 5.56 Å². The minimum Gasteiger partial charge on any atom is -0.494 e. The van der Waals surface area contributed by atoms with Gasteiger partial charge in [-0.3, -0.25) is 4.79 Å². The Hall–Kier alpha value is -2.33. The monoisotopic (exact) mass is 327 g/mol. The van der Waals surface area contributed by atoms with Gasteiger partial charge in [-0.1, -0.05) is 36.8 Å². The van der Waals surface area contributed by atoms with Crippen molar-refractivity contribution in [2.45, 2.75) is 32.3 Å². The summed E-state index contributed by atoms with van der Waals surface area (Å²) in [4.78, 5) is 11.0. The Morgan fingerprint density at radius 2 is 1.50 bits per heavy atom. The molecule has 0 heterocycles. The van der Waals surface area contributed by atoms with Gasteiger partial charge in [0, 0.05) is 12.2 Å². The van der Waals surface area contributed by atoms with E-state index in [9.17, 15) is 4.79 Å². The van der Waals surface area contributed by atoms with Gasteiger partial charge in [-0.05, 0) is 49.1 Å². The van der Waals surface area contributed by atoms with Crippen LogP contribution in [0, 0.1) is 0 Å². The van der Waals surface area contributed by atoms with Crippen LogP contribution in [-0.2, 0) is 11.3 Å². The maximum absolute atomic E-state index is 11.0. The molecular weight excluding hydrogens is 302 g/mol. The zero-order valence-corrected chi connectivity index (χ0v) is 13.9. The van der Waals surface area contributed by atoms with Gasteiger partial charge in [0.2, 0.25) is 5.91 Å². The van der Waals surface area contributed by atoms with Gasteiger partial charge in [0.25, 0.3) is 0 Å². The van der Waals surface area contributed by atoms with Gasteiger partial charge in [-0.25, -0.2) is 0 Å². The van der Waals surface area contributed by atoms with Crippen molar-refractivity contribution in [1.82, 2.24) is 0 Å². The van der Waals surface area contributed by atoms with E-state index in [1.807, 2.05) is 18.2 Å². The van der Waals surface area contributed by atoms with E-state index in [0.29, 0.717) is 18.8 Å². The zero-order valence-electron chi connectivity index (χ0n) is 13.9. The second-order valence-corrected chi connectivity index (χ2v) is 5.69. The van der Waals surface area contributed by atoms with E-state index < -0.39 is 5.91 Å². The second-order valence-electron chi connectivity index (χ2n) is 5.69. The van der Waals surface area contributed by atoms with Crippen molar-refractivity contribution in [3.63, 3.8) is 0 Å². The third-order valence-electron chi connectivity index (χ3n) is 3.70. The Kier molecular flexibility index (Phi) is 7.84. The number of hydrogen-bond acceptors (Lipinski definition) is 3. The highest BCUT2D eigenvalue weighted by Gasteiger charge is 2.00. The Bertz CT molecular complexity index is 596. The van der Waals surface area contributed by atoms with Crippen LogP contribution in [0.2, 0.25) is 0 Å². The number of unbranched alkanes of at least 4 members (excludes halogenated alkanes) is 3. The Balaban J connectivity index is 1.46. The van der Waals surface area contributed by atoms with Gasteiger partial charge in [-0.15, -0.1) is 0 Å². The molecule has 0 radical (unpaired) electrons. The third kappa shape index (κ3) is 6.84. The smallest absolute Gasteiger partial charge is 0.248 e. The van der Waals surface area contributed by atoms with Crippen molar-refractivity contribution >= 4 is 5.91 Å². The van der Waals surface area contributed by atoms with E-state index in [2.05, 4.69) is 12.1 Å². The highest BCUT2D eigenvalue weighted by molar-refractivity contribution is 5.92. The van der Waals surface area contributed by atoms with E-state index in [0.717, 1.165) is 38.0 Å². The molecule has 24 heavy (non-hydrogen) atoms. The first-order valence-corrected chi connectivity index (χ1v) is 8.40. The highest BCUT2D eigenvalue weighted by Crippen LogP contribution is 2.13. The molecule has 0 saturated heterocycles. The van der Waals surface area contributed by atoms with Crippen molar-refractivity contribution in [3.05, 3.63) is 65.7 Å². The fourth-order valence-electron chi connectivity index (χ4n) is 2.33. The molecule has 0 bridgehead atoms. The predicted molar refractivity (Wildman–Crippen MR) is 95.0 cm³/mol. The molecule has 0 fully saturated rings. The molecule has 2 aromatic carbocycles. The van der Waals surface area contributed by atoms with Crippen molar-refractivity contribution in [1.29, 1.82) is 0 Å².